The molecule has 2 N–H and O–H groups in total. The Bertz CT molecular complexity index is 456. The molecule has 0 bridgehead atoms. The zero-order chi connectivity index (χ0) is 10.7. The van der Waals surface area contributed by atoms with E-state index in [1.165, 1.54) is 17.8 Å². The second kappa shape index (κ2) is 4.31. The van der Waals surface area contributed by atoms with E-state index in [1.807, 2.05) is 6.07 Å². The van der Waals surface area contributed by atoms with Gasteiger partial charge in [0.05, 0.1) is 0 Å². The van der Waals surface area contributed by atoms with Gasteiger partial charge < -0.3 is 5.73 Å². The third kappa shape index (κ3) is 2.47. The fourth-order valence-corrected chi connectivity index (χ4v) is 1.91. The van der Waals surface area contributed by atoms with E-state index < -0.39 is 0 Å². The molecule has 1 aromatic heterocycles. The highest BCUT2D eigenvalue weighted by atomic mass is 32.2. The summed E-state index contributed by atoms with van der Waals surface area (Å²) in [5.74, 6) is 0.243. The first-order chi connectivity index (χ1) is 7.25. The van der Waals surface area contributed by atoms with Crippen molar-refractivity contribution in [3.8, 4) is 0 Å². The van der Waals surface area contributed by atoms with Crippen LogP contribution < -0.4 is 5.73 Å². The van der Waals surface area contributed by atoms with Crippen LogP contribution in [0.25, 0.3) is 0 Å². The van der Waals surface area contributed by atoms with Gasteiger partial charge in [-0.1, -0.05) is 23.9 Å². The molecular formula is C11H9FN2S. The zero-order valence-electron chi connectivity index (χ0n) is 7.85. The van der Waals surface area contributed by atoms with Crippen LogP contribution in [-0.2, 0) is 0 Å². The molecule has 2 aromatic rings. The van der Waals surface area contributed by atoms with Crippen molar-refractivity contribution in [2.75, 3.05) is 5.73 Å². The second-order valence-electron chi connectivity index (χ2n) is 2.95. The summed E-state index contributed by atoms with van der Waals surface area (Å²) in [5.41, 5.74) is 5.46. The van der Waals surface area contributed by atoms with E-state index in [9.17, 15) is 4.39 Å². The molecule has 0 spiro atoms. The van der Waals surface area contributed by atoms with Gasteiger partial charge in [-0.2, -0.15) is 0 Å². The SMILES string of the molecule is Nc1ccc(Sc2ccccc2F)cn1. The summed E-state index contributed by atoms with van der Waals surface area (Å²) in [6.07, 6.45) is 1.63. The predicted molar refractivity (Wildman–Crippen MR) is 59.2 cm³/mol. The van der Waals surface area contributed by atoms with Gasteiger partial charge in [-0.3, -0.25) is 0 Å². The van der Waals surface area contributed by atoms with Gasteiger partial charge in [0.15, 0.2) is 0 Å². The molecule has 0 amide bonds. The van der Waals surface area contributed by atoms with Crippen LogP contribution in [0.2, 0.25) is 0 Å². The summed E-state index contributed by atoms with van der Waals surface area (Å²) in [5, 5.41) is 0. The molecule has 2 rings (SSSR count). The first kappa shape index (κ1) is 9.98. The number of hydrogen-bond acceptors (Lipinski definition) is 3. The highest BCUT2D eigenvalue weighted by molar-refractivity contribution is 7.99. The van der Waals surface area contributed by atoms with Crippen LogP contribution in [0.4, 0.5) is 10.2 Å². The molecule has 0 fully saturated rings. The highest BCUT2D eigenvalue weighted by Crippen LogP contribution is 2.29. The number of rotatable bonds is 2. The number of nitrogen functional groups attached to an aromatic ring is 1. The van der Waals surface area contributed by atoms with Crippen molar-refractivity contribution >= 4 is 17.6 Å². The maximum atomic E-state index is 13.3. The van der Waals surface area contributed by atoms with E-state index >= 15 is 0 Å². The molecule has 0 atom stereocenters. The molecule has 0 radical (unpaired) electrons. The lowest BCUT2D eigenvalue weighted by Crippen LogP contribution is -1.88. The Morgan fingerprint density at radius 3 is 2.60 bits per heavy atom. The van der Waals surface area contributed by atoms with Crippen LogP contribution in [0.3, 0.4) is 0 Å². The van der Waals surface area contributed by atoms with Crippen molar-refractivity contribution in [1.29, 1.82) is 0 Å². The summed E-state index contributed by atoms with van der Waals surface area (Å²) in [4.78, 5) is 5.40. The fourth-order valence-electron chi connectivity index (χ4n) is 1.11. The van der Waals surface area contributed by atoms with E-state index in [-0.39, 0.29) is 5.82 Å². The molecule has 0 saturated heterocycles. The van der Waals surface area contributed by atoms with Crippen molar-refractivity contribution in [2.24, 2.45) is 0 Å². The molecular weight excluding hydrogens is 211 g/mol. The monoisotopic (exact) mass is 220 g/mol. The normalized spacial score (nSPS) is 10.2. The Labute approximate surface area is 91.3 Å². The van der Waals surface area contributed by atoms with Crippen LogP contribution in [-0.4, -0.2) is 4.98 Å². The smallest absolute Gasteiger partial charge is 0.137 e. The standard InChI is InChI=1S/C11H9FN2S/c12-9-3-1-2-4-10(9)15-8-5-6-11(13)14-7-8/h1-7H,(H2,13,14). The molecule has 2 nitrogen and oxygen atoms in total. The summed E-state index contributed by atoms with van der Waals surface area (Å²) < 4.78 is 13.3. The van der Waals surface area contributed by atoms with Gasteiger partial charge in [-0.25, -0.2) is 9.37 Å². The van der Waals surface area contributed by atoms with Gasteiger partial charge in [-0.05, 0) is 24.3 Å². The summed E-state index contributed by atoms with van der Waals surface area (Å²) in [6, 6.07) is 10.2. The van der Waals surface area contributed by atoms with E-state index in [0.29, 0.717) is 10.7 Å². The van der Waals surface area contributed by atoms with E-state index in [4.69, 9.17) is 5.73 Å². The largest absolute Gasteiger partial charge is 0.384 e. The van der Waals surface area contributed by atoms with Gasteiger partial charge >= 0.3 is 0 Å². The summed E-state index contributed by atoms with van der Waals surface area (Å²) in [6.45, 7) is 0. The van der Waals surface area contributed by atoms with Crippen LogP contribution in [0, 0.1) is 5.82 Å². The quantitative estimate of drug-likeness (QED) is 0.845. The second-order valence-corrected chi connectivity index (χ2v) is 4.07. The minimum Gasteiger partial charge on any atom is -0.384 e. The fraction of sp³-hybridized carbons (Fsp3) is 0. The molecule has 76 valence electrons. The van der Waals surface area contributed by atoms with Gasteiger partial charge in [0.1, 0.15) is 11.6 Å². The molecule has 0 saturated carbocycles. The number of halogens is 1. The summed E-state index contributed by atoms with van der Waals surface area (Å²) >= 11 is 1.33. The number of pyridine rings is 1. The Kier molecular flexibility index (Phi) is 2.87. The first-order valence-corrected chi connectivity index (χ1v) is 5.21. The van der Waals surface area contributed by atoms with Gasteiger partial charge in [0.25, 0.3) is 0 Å². The minimum atomic E-state index is -0.223. The Morgan fingerprint density at radius 2 is 1.93 bits per heavy atom. The first-order valence-electron chi connectivity index (χ1n) is 4.39. The maximum absolute atomic E-state index is 13.3. The Balaban J connectivity index is 2.22. The maximum Gasteiger partial charge on any atom is 0.137 e. The molecule has 0 aliphatic carbocycles. The van der Waals surface area contributed by atoms with Crippen LogP contribution >= 0.6 is 11.8 Å². The Hall–Kier alpha value is -1.55. The Morgan fingerprint density at radius 1 is 1.13 bits per heavy atom. The molecule has 1 aromatic carbocycles. The van der Waals surface area contributed by atoms with Crippen LogP contribution in [0.5, 0.6) is 0 Å². The van der Waals surface area contributed by atoms with Crippen molar-refractivity contribution in [3.63, 3.8) is 0 Å². The number of anilines is 1. The van der Waals surface area contributed by atoms with Crippen molar-refractivity contribution in [3.05, 3.63) is 48.4 Å². The number of benzene rings is 1. The lowest BCUT2D eigenvalue weighted by Gasteiger charge is -2.02. The van der Waals surface area contributed by atoms with E-state index in [1.54, 1.807) is 30.5 Å². The van der Waals surface area contributed by atoms with Gasteiger partial charge in [-0.15, -0.1) is 0 Å². The van der Waals surface area contributed by atoms with Crippen molar-refractivity contribution in [2.45, 2.75) is 9.79 Å². The number of nitrogens with zero attached hydrogens (tertiary/aromatic N) is 1. The van der Waals surface area contributed by atoms with Crippen molar-refractivity contribution in [1.82, 2.24) is 4.98 Å². The zero-order valence-corrected chi connectivity index (χ0v) is 8.67. The van der Waals surface area contributed by atoms with Gasteiger partial charge in [0.2, 0.25) is 0 Å². The topological polar surface area (TPSA) is 38.9 Å². The van der Waals surface area contributed by atoms with E-state index in [2.05, 4.69) is 4.98 Å². The van der Waals surface area contributed by atoms with Crippen molar-refractivity contribution < 1.29 is 4.39 Å². The van der Waals surface area contributed by atoms with Gasteiger partial charge in [0, 0.05) is 16.0 Å². The van der Waals surface area contributed by atoms with Crippen LogP contribution in [0.1, 0.15) is 0 Å². The average molecular weight is 220 g/mol. The third-order valence-electron chi connectivity index (χ3n) is 1.82. The number of nitrogens with two attached hydrogens (primary N) is 1. The third-order valence-corrected chi connectivity index (χ3v) is 2.85. The van der Waals surface area contributed by atoms with E-state index in [0.717, 1.165) is 4.90 Å². The molecule has 0 unspecified atom stereocenters. The number of aromatic nitrogens is 1. The highest BCUT2D eigenvalue weighted by Gasteiger charge is 2.02. The lowest BCUT2D eigenvalue weighted by atomic mass is 10.3. The number of hydrogen-bond donors (Lipinski definition) is 1. The molecule has 15 heavy (non-hydrogen) atoms. The molecule has 1 heterocycles. The predicted octanol–water partition coefficient (Wildman–Crippen LogP) is 2.95. The molecule has 0 aliphatic heterocycles. The molecule has 4 heteroatoms. The summed E-state index contributed by atoms with van der Waals surface area (Å²) in [7, 11) is 0. The minimum absolute atomic E-state index is 0.223. The van der Waals surface area contributed by atoms with Crippen LogP contribution in [0.15, 0.2) is 52.4 Å². The lowest BCUT2D eigenvalue weighted by molar-refractivity contribution is 0.602. The molecule has 0 aliphatic rings. The average Bonchev–Trinajstić information content (AvgIpc) is 2.25.